The van der Waals surface area contributed by atoms with Crippen LogP contribution in [0.15, 0.2) is 9.98 Å². The van der Waals surface area contributed by atoms with E-state index in [1.807, 2.05) is 6.21 Å². The van der Waals surface area contributed by atoms with E-state index in [0.29, 0.717) is 0 Å². The maximum atomic E-state index is 4.36. The van der Waals surface area contributed by atoms with E-state index >= 15 is 0 Å². The molecule has 0 bridgehead atoms. The second-order valence-corrected chi connectivity index (χ2v) is 2.62. The number of rotatable bonds is 0. The predicted molar refractivity (Wildman–Crippen MR) is 38.4 cm³/mol. The molecule has 1 atom stereocenters. The molecule has 2 nitrogen and oxygen atoms in total. The molecule has 0 aromatic heterocycles. The third-order valence-corrected chi connectivity index (χ3v) is 2.04. The maximum Gasteiger partial charge on any atom is 0.0767 e. The standard InChI is InChI=1S/C7H10N2/c1-3-8-5-7-6(1)2-4-9-7/h3,6H,1-2,4-5H2. The predicted octanol–water partition coefficient (Wildman–Crippen LogP) is 0.922. The van der Waals surface area contributed by atoms with E-state index in [2.05, 4.69) is 9.98 Å². The van der Waals surface area contributed by atoms with Gasteiger partial charge < -0.3 is 0 Å². The molecule has 0 saturated carbocycles. The molecule has 0 spiro atoms. The van der Waals surface area contributed by atoms with Gasteiger partial charge in [-0.3, -0.25) is 9.98 Å². The molecule has 9 heavy (non-hydrogen) atoms. The lowest BCUT2D eigenvalue weighted by molar-refractivity contribution is 0.698. The molecular weight excluding hydrogens is 112 g/mol. The molecule has 48 valence electrons. The molecule has 2 heteroatoms. The highest BCUT2D eigenvalue weighted by atomic mass is 14.9. The van der Waals surface area contributed by atoms with E-state index in [4.69, 9.17) is 0 Å². The Hall–Kier alpha value is -0.660. The summed E-state index contributed by atoms with van der Waals surface area (Å²) in [7, 11) is 0. The molecule has 2 heterocycles. The Morgan fingerprint density at radius 2 is 2.56 bits per heavy atom. The highest BCUT2D eigenvalue weighted by molar-refractivity contribution is 5.94. The Bertz CT molecular complexity index is 170. The van der Waals surface area contributed by atoms with E-state index in [9.17, 15) is 0 Å². The second kappa shape index (κ2) is 1.94. The second-order valence-electron chi connectivity index (χ2n) is 2.62. The van der Waals surface area contributed by atoms with Crippen LogP contribution in [0.4, 0.5) is 0 Å². The Morgan fingerprint density at radius 3 is 3.44 bits per heavy atom. The van der Waals surface area contributed by atoms with E-state index in [-0.39, 0.29) is 0 Å². The lowest BCUT2D eigenvalue weighted by Gasteiger charge is -2.11. The molecule has 0 aromatic rings. The zero-order chi connectivity index (χ0) is 6.10. The first-order valence-corrected chi connectivity index (χ1v) is 3.48. The van der Waals surface area contributed by atoms with Crippen molar-refractivity contribution in [3.63, 3.8) is 0 Å². The van der Waals surface area contributed by atoms with Crippen LogP contribution in [0.3, 0.4) is 0 Å². The highest BCUT2D eigenvalue weighted by Crippen LogP contribution is 2.19. The minimum atomic E-state index is 0.766. The van der Waals surface area contributed by atoms with E-state index < -0.39 is 0 Å². The van der Waals surface area contributed by atoms with Crippen molar-refractivity contribution in [2.45, 2.75) is 12.8 Å². The zero-order valence-electron chi connectivity index (χ0n) is 5.38. The van der Waals surface area contributed by atoms with Crippen LogP contribution in [0.2, 0.25) is 0 Å². The van der Waals surface area contributed by atoms with E-state index in [1.165, 1.54) is 12.1 Å². The fourth-order valence-corrected chi connectivity index (χ4v) is 1.45. The first-order chi connectivity index (χ1) is 4.47. The Labute approximate surface area is 54.7 Å². The molecule has 2 aliphatic rings. The van der Waals surface area contributed by atoms with Gasteiger partial charge in [0.25, 0.3) is 0 Å². The quantitative estimate of drug-likeness (QED) is 0.456. The van der Waals surface area contributed by atoms with Crippen molar-refractivity contribution in [3.8, 4) is 0 Å². The summed E-state index contributed by atoms with van der Waals surface area (Å²) in [5.74, 6) is 0.766. The number of fused-ring (bicyclic) bond motifs is 1. The van der Waals surface area contributed by atoms with Crippen LogP contribution in [-0.2, 0) is 0 Å². The Balaban J connectivity index is 2.20. The van der Waals surface area contributed by atoms with Crippen molar-refractivity contribution in [3.05, 3.63) is 0 Å². The van der Waals surface area contributed by atoms with Crippen LogP contribution < -0.4 is 0 Å². The summed E-state index contributed by atoms with van der Waals surface area (Å²) >= 11 is 0. The van der Waals surface area contributed by atoms with Gasteiger partial charge in [-0.2, -0.15) is 0 Å². The molecule has 1 unspecified atom stereocenters. The molecule has 2 rings (SSSR count). The molecular formula is C7H10N2. The third-order valence-electron chi connectivity index (χ3n) is 2.04. The molecule has 0 aliphatic carbocycles. The average Bonchev–Trinajstić information content (AvgIpc) is 2.33. The highest BCUT2D eigenvalue weighted by Gasteiger charge is 2.21. The van der Waals surface area contributed by atoms with Crippen molar-refractivity contribution < 1.29 is 0 Å². The van der Waals surface area contributed by atoms with Crippen LogP contribution in [0.1, 0.15) is 12.8 Å². The van der Waals surface area contributed by atoms with Crippen LogP contribution >= 0.6 is 0 Å². The number of hydrogen-bond acceptors (Lipinski definition) is 2. The average molecular weight is 122 g/mol. The minimum Gasteiger partial charge on any atom is -0.292 e. The normalized spacial score (nSPS) is 32.0. The van der Waals surface area contributed by atoms with Gasteiger partial charge in [-0.05, 0) is 19.1 Å². The molecule has 0 saturated heterocycles. The monoisotopic (exact) mass is 122 g/mol. The van der Waals surface area contributed by atoms with Gasteiger partial charge in [0.2, 0.25) is 0 Å². The maximum absolute atomic E-state index is 4.36. The van der Waals surface area contributed by atoms with Gasteiger partial charge in [0.05, 0.1) is 6.54 Å². The minimum absolute atomic E-state index is 0.766. The van der Waals surface area contributed by atoms with Crippen molar-refractivity contribution in [2.75, 3.05) is 13.1 Å². The summed E-state index contributed by atoms with van der Waals surface area (Å²) in [6.07, 6.45) is 4.44. The van der Waals surface area contributed by atoms with Gasteiger partial charge in [0, 0.05) is 18.2 Å². The van der Waals surface area contributed by atoms with Gasteiger partial charge in [-0.1, -0.05) is 0 Å². The summed E-state index contributed by atoms with van der Waals surface area (Å²) in [4.78, 5) is 8.52. The zero-order valence-corrected chi connectivity index (χ0v) is 5.38. The third kappa shape index (κ3) is 0.784. The molecule has 0 N–H and O–H groups in total. The summed E-state index contributed by atoms with van der Waals surface area (Å²) < 4.78 is 0. The van der Waals surface area contributed by atoms with Crippen LogP contribution in [-0.4, -0.2) is 25.0 Å². The first kappa shape index (κ1) is 5.15. The Kier molecular flexibility index (Phi) is 1.11. The van der Waals surface area contributed by atoms with Gasteiger partial charge >= 0.3 is 0 Å². The largest absolute Gasteiger partial charge is 0.292 e. The molecule has 2 aliphatic heterocycles. The summed E-state index contributed by atoms with van der Waals surface area (Å²) in [5, 5.41) is 0. The Morgan fingerprint density at radius 1 is 1.56 bits per heavy atom. The summed E-state index contributed by atoms with van der Waals surface area (Å²) in [6.45, 7) is 1.92. The lowest BCUT2D eigenvalue weighted by atomic mass is 9.97. The SMILES string of the molecule is C1=NCC2=NCCC2C1. The first-order valence-electron chi connectivity index (χ1n) is 3.48. The molecule has 0 fully saturated rings. The van der Waals surface area contributed by atoms with Crippen molar-refractivity contribution in [1.82, 2.24) is 0 Å². The molecule has 0 aromatic carbocycles. The van der Waals surface area contributed by atoms with Crippen molar-refractivity contribution in [1.29, 1.82) is 0 Å². The fraction of sp³-hybridized carbons (Fsp3) is 0.714. The van der Waals surface area contributed by atoms with E-state index in [0.717, 1.165) is 25.4 Å². The number of aliphatic imine (C=N–C) groups is 2. The topological polar surface area (TPSA) is 24.7 Å². The van der Waals surface area contributed by atoms with Gasteiger partial charge in [0.15, 0.2) is 0 Å². The smallest absolute Gasteiger partial charge is 0.0767 e. The van der Waals surface area contributed by atoms with Gasteiger partial charge in [0.1, 0.15) is 0 Å². The summed E-state index contributed by atoms with van der Waals surface area (Å²) in [6, 6.07) is 0. The number of hydrogen-bond donors (Lipinski definition) is 0. The molecule has 0 radical (unpaired) electrons. The van der Waals surface area contributed by atoms with Crippen LogP contribution in [0, 0.1) is 5.92 Å². The van der Waals surface area contributed by atoms with Crippen LogP contribution in [0.5, 0.6) is 0 Å². The fourth-order valence-electron chi connectivity index (χ4n) is 1.45. The van der Waals surface area contributed by atoms with Crippen molar-refractivity contribution in [2.24, 2.45) is 15.9 Å². The summed E-state index contributed by atoms with van der Waals surface area (Å²) in [5.41, 5.74) is 1.34. The van der Waals surface area contributed by atoms with Crippen molar-refractivity contribution >= 4 is 11.9 Å². The van der Waals surface area contributed by atoms with Crippen LogP contribution in [0.25, 0.3) is 0 Å². The van der Waals surface area contributed by atoms with Gasteiger partial charge in [-0.15, -0.1) is 0 Å². The van der Waals surface area contributed by atoms with Gasteiger partial charge in [-0.25, -0.2) is 0 Å². The number of nitrogens with zero attached hydrogens (tertiary/aromatic N) is 2. The molecule has 0 amide bonds. The lowest BCUT2D eigenvalue weighted by Crippen LogP contribution is -2.17. The van der Waals surface area contributed by atoms with E-state index in [1.54, 1.807) is 0 Å².